The standard InChI is InChI=1S/C15H14F2O2/c16-15(17)12-6-4-11(5-7-12)14(19)9-10-2-1-3-13(18)8-10/h1-8,14-15,18-19H,9H2. The number of benzene rings is 2. The second-order valence-corrected chi connectivity index (χ2v) is 4.36. The zero-order valence-electron chi connectivity index (χ0n) is 10.1. The van der Waals surface area contributed by atoms with Crippen LogP contribution in [0.15, 0.2) is 48.5 Å². The fourth-order valence-electron chi connectivity index (χ4n) is 1.89. The van der Waals surface area contributed by atoms with Crippen LogP contribution in [0, 0.1) is 0 Å². The van der Waals surface area contributed by atoms with Gasteiger partial charge in [0.25, 0.3) is 6.43 Å². The Kier molecular flexibility index (Phi) is 4.12. The van der Waals surface area contributed by atoms with E-state index in [0.29, 0.717) is 12.0 Å². The topological polar surface area (TPSA) is 40.5 Å². The molecule has 1 atom stereocenters. The van der Waals surface area contributed by atoms with Crippen molar-refractivity contribution in [2.24, 2.45) is 0 Å². The molecule has 0 saturated heterocycles. The van der Waals surface area contributed by atoms with Gasteiger partial charge in [0.05, 0.1) is 6.10 Å². The molecule has 19 heavy (non-hydrogen) atoms. The van der Waals surface area contributed by atoms with E-state index in [-0.39, 0.29) is 11.3 Å². The zero-order chi connectivity index (χ0) is 13.8. The van der Waals surface area contributed by atoms with Gasteiger partial charge in [-0.25, -0.2) is 8.78 Å². The Hall–Kier alpha value is -1.94. The fraction of sp³-hybridized carbons (Fsp3) is 0.200. The first-order valence-electron chi connectivity index (χ1n) is 5.90. The molecule has 0 spiro atoms. The molecule has 0 amide bonds. The first kappa shape index (κ1) is 13.5. The number of hydrogen-bond donors (Lipinski definition) is 2. The average molecular weight is 264 g/mol. The van der Waals surface area contributed by atoms with Crippen LogP contribution in [0.4, 0.5) is 8.78 Å². The van der Waals surface area contributed by atoms with Crippen LogP contribution in [0.5, 0.6) is 5.75 Å². The highest BCUT2D eigenvalue weighted by Gasteiger charge is 2.11. The van der Waals surface area contributed by atoms with Crippen LogP contribution in [0.3, 0.4) is 0 Å². The number of alkyl halides is 2. The summed E-state index contributed by atoms with van der Waals surface area (Å²) in [4.78, 5) is 0. The molecule has 2 N–H and O–H groups in total. The van der Waals surface area contributed by atoms with E-state index in [2.05, 4.69) is 0 Å². The number of aliphatic hydroxyl groups is 1. The maximum atomic E-state index is 12.4. The fourth-order valence-corrected chi connectivity index (χ4v) is 1.89. The summed E-state index contributed by atoms with van der Waals surface area (Å²) in [5, 5.41) is 19.4. The van der Waals surface area contributed by atoms with Crippen molar-refractivity contribution in [3.63, 3.8) is 0 Å². The Morgan fingerprint density at radius 1 is 0.947 bits per heavy atom. The van der Waals surface area contributed by atoms with Crippen molar-refractivity contribution in [3.05, 3.63) is 65.2 Å². The van der Waals surface area contributed by atoms with Crippen LogP contribution in [-0.2, 0) is 6.42 Å². The molecule has 0 aliphatic heterocycles. The number of aromatic hydroxyl groups is 1. The van der Waals surface area contributed by atoms with Crippen LogP contribution < -0.4 is 0 Å². The molecule has 2 rings (SSSR count). The van der Waals surface area contributed by atoms with E-state index in [0.717, 1.165) is 5.56 Å². The molecule has 0 heterocycles. The van der Waals surface area contributed by atoms with E-state index in [1.807, 2.05) is 0 Å². The maximum absolute atomic E-state index is 12.4. The molecule has 0 radical (unpaired) electrons. The van der Waals surface area contributed by atoms with Crippen molar-refractivity contribution >= 4 is 0 Å². The van der Waals surface area contributed by atoms with Crippen molar-refractivity contribution in [1.29, 1.82) is 0 Å². The van der Waals surface area contributed by atoms with Crippen LogP contribution in [0.25, 0.3) is 0 Å². The SMILES string of the molecule is Oc1cccc(CC(O)c2ccc(C(F)F)cc2)c1. The third-order valence-corrected chi connectivity index (χ3v) is 2.91. The number of halogens is 2. The smallest absolute Gasteiger partial charge is 0.263 e. The van der Waals surface area contributed by atoms with Gasteiger partial charge >= 0.3 is 0 Å². The van der Waals surface area contributed by atoms with Crippen molar-refractivity contribution in [2.75, 3.05) is 0 Å². The van der Waals surface area contributed by atoms with E-state index >= 15 is 0 Å². The van der Waals surface area contributed by atoms with Crippen LogP contribution in [-0.4, -0.2) is 10.2 Å². The molecule has 2 aromatic rings. The minimum absolute atomic E-state index is 0.0618. The summed E-state index contributed by atoms with van der Waals surface area (Å²) in [5.74, 6) is 0.137. The van der Waals surface area contributed by atoms with Gasteiger partial charge in [0.1, 0.15) is 5.75 Å². The minimum atomic E-state index is -2.50. The van der Waals surface area contributed by atoms with Crippen LogP contribution >= 0.6 is 0 Å². The number of aliphatic hydroxyl groups excluding tert-OH is 1. The molecule has 0 saturated carbocycles. The summed E-state index contributed by atoms with van der Waals surface area (Å²) in [5.41, 5.74) is 1.30. The Bertz CT molecular complexity index is 538. The summed E-state index contributed by atoms with van der Waals surface area (Å²) in [7, 11) is 0. The summed E-state index contributed by atoms with van der Waals surface area (Å²) >= 11 is 0. The highest BCUT2D eigenvalue weighted by atomic mass is 19.3. The Morgan fingerprint density at radius 3 is 2.16 bits per heavy atom. The second-order valence-electron chi connectivity index (χ2n) is 4.36. The molecule has 4 heteroatoms. The highest BCUT2D eigenvalue weighted by Crippen LogP contribution is 2.24. The van der Waals surface area contributed by atoms with Gasteiger partial charge in [-0.2, -0.15) is 0 Å². The molecule has 0 aliphatic carbocycles. The average Bonchev–Trinajstić information content (AvgIpc) is 2.39. The Labute approximate surface area is 110 Å². The van der Waals surface area contributed by atoms with Gasteiger partial charge < -0.3 is 10.2 Å². The maximum Gasteiger partial charge on any atom is 0.263 e. The van der Waals surface area contributed by atoms with Gasteiger partial charge in [0.15, 0.2) is 0 Å². The van der Waals surface area contributed by atoms with Crippen molar-refractivity contribution in [3.8, 4) is 5.75 Å². The summed E-state index contributed by atoms with van der Waals surface area (Å²) in [6, 6.07) is 12.2. The number of phenolic OH excluding ortho intramolecular Hbond substituents is 1. The van der Waals surface area contributed by atoms with Gasteiger partial charge in [0.2, 0.25) is 0 Å². The molecular weight excluding hydrogens is 250 g/mol. The van der Waals surface area contributed by atoms with Crippen LogP contribution in [0.2, 0.25) is 0 Å². The third kappa shape index (κ3) is 3.51. The highest BCUT2D eigenvalue weighted by molar-refractivity contribution is 5.30. The first-order chi connectivity index (χ1) is 9.06. The van der Waals surface area contributed by atoms with Gasteiger partial charge in [-0.1, -0.05) is 36.4 Å². The van der Waals surface area contributed by atoms with Gasteiger partial charge in [-0.05, 0) is 23.3 Å². The summed E-state index contributed by atoms with van der Waals surface area (Å²) < 4.78 is 24.8. The molecule has 2 aromatic carbocycles. The molecule has 0 bridgehead atoms. The lowest BCUT2D eigenvalue weighted by Crippen LogP contribution is -2.02. The van der Waals surface area contributed by atoms with E-state index in [1.165, 1.54) is 24.3 Å². The zero-order valence-corrected chi connectivity index (χ0v) is 10.1. The molecule has 2 nitrogen and oxygen atoms in total. The molecular formula is C15H14F2O2. The van der Waals surface area contributed by atoms with Crippen LogP contribution in [0.1, 0.15) is 29.2 Å². The lowest BCUT2D eigenvalue weighted by atomic mass is 10.0. The van der Waals surface area contributed by atoms with E-state index in [1.54, 1.807) is 24.3 Å². The largest absolute Gasteiger partial charge is 0.508 e. The number of phenols is 1. The molecule has 100 valence electrons. The van der Waals surface area contributed by atoms with E-state index < -0.39 is 12.5 Å². The first-order valence-corrected chi connectivity index (χ1v) is 5.90. The molecule has 0 aromatic heterocycles. The third-order valence-electron chi connectivity index (χ3n) is 2.91. The van der Waals surface area contributed by atoms with Gasteiger partial charge in [-0.3, -0.25) is 0 Å². The minimum Gasteiger partial charge on any atom is -0.508 e. The number of hydrogen-bond acceptors (Lipinski definition) is 2. The van der Waals surface area contributed by atoms with Crippen molar-refractivity contribution < 1.29 is 19.0 Å². The van der Waals surface area contributed by atoms with Gasteiger partial charge in [-0.15, -0.1) is 0 Å². The van der Waals surface area contributed by atoms with Crippen molar-refractivity contribution in [1.82, 2.24) is 0 Å². The van der Waals surface area contributed by atoms with E-state index in [4.69, 9.17) is 0 Å². The van der Waals surface area contributed by atoms with Crippen molar-refractivity contribution in [2.45, 2.75) is 19.0 Å². The Balaban J connectivity index is 2.09. The molecule has 0 aliphatic rings. The monoisotopic (exact) mass is 264 g/mol. The van der Waals surface area contributed by atoms with Gasteiger partial charge in [0, 0.05) is 12.0 Å². The lowest BCUT2D eigenvalue weighted by molar-refractivity contribution is 0.151. The molecule has 0 fully saturated rings. The second kappa shape index (κ2) is 5.80. The molecule has 1 unspecified atom stereocenters. The predicted molar refractivity (Wildman–Crippen MR) is 68.2 cm³/mol. The predicted octanol–water partition coefficient (Wildman–Crippen LogP) is 3.61. The summed E-state index contributed by atoms with van der Waals surface area (Å²) in [6.45, 7) is 0. The van der Waals surface area contributed by atoms with E-state index in [9.17, 15) is 19.0 Å². The number of rotatable bonds is 4. The summed E-state index contributed by atoms with van der Waals surface area (Å²) in [6.07, 6.45) is -2.96. The lowest BCUT2D eigenvalue weighted by Gasteiger charge is -2.12. The normalized spacial score (nSPS) is 12.6. The quantitative estimate of drug-likeness (QED) is 0.885. The Morgan fingerprint density at radius 2 is 1.58 bits per heavy atom.